The van der Waals surface area contributed by atoms with Crippen LogP contribution in [0.5, 0.6) is 5.88 Å². The van der Waals surface area contributed by atoms with Crippen molar-refractivity contribution in [3.05, 3.63) is 47.6 Å². The Morgan fingerprint density at radius 3 is 3.00 bits per heavy atom. The molecule has 105 valence electrons. The maximum Gasteiger partial charge on any atom is 0.323 e. The Kier molecular flexibility index (Phi) is 3.27. The number of primary amides is 1. The van der Waals surface area contributed by atoms with Crippen molar-refractivity contribution in [3.63, 3.8) is 0 Å². The van der Waals surface area contributed by atoms with Crippen LogP contribution >= 0.6 is 11.6 Å². The van der Waals surface area contributed by atoms with E-state index in [1.54, 1.807) is 18.2 Å². The third kappa shape index (κ3) is 2.11. The number of benzene rings is 1. The lowest BCUT2D eigenvalue weighted by Gasteiger charge is -2.11. The maximum absolute atomic E-state index is 11.8. The zero-order chi connectivity index (χ0) is 15.0. The fourth-order valence-electron chi connectivity index (χ4n) is 2.32. The summed E-state index contributed by atoms with van der Waals surface area (Å²) >= 11 is 6.25. The quantitative estimate of drug-likeness (QED) is 0.790. The van der Waals surface area contributed by atoms with E-state index < -0.39 is 6.03 Å². The van der Waals surface area contributed by atoms with Gasteiger partial charge >= 0.3 is 6.03 Å². The van der Waals surface area contributed by atoms with Crippen LogP contribution in [0.2, 0.25) is 5.02 Å². The van der Waals surface area contributed by atoms with Crippen LogP contribution in [0.3, 0.4) is 0 Å². The van der Waals surface area contributed by atoms with E-state index in [4.69, 9.17) is 22.1 Å². The summed E-state index contributed by atoms with van der Waals surface area (Å²) in [5.74, 6) is 0.330. The van der Waals surface area contributed by atoms with Gasteiger partial charge in [-0.15, -0.1) is 0 Å². The fourth-order valence-corrected chi connectivity index (χ4v) is 2.55. The Hall–Kier alpha value is -2.53. The third-order valence-electron chi connectivity index (χ3n) is 3.18. The smallest absolute Gasteiger partial charge is 0.323 e. The van der Waals surface area contributed by atoms with Gasteiger partial charge in [-0.3, -0.25) is 4.57 Å². The number of ether oxygens (including phenoxy) is 1. The van der Waals surface area contributed by atoms with Crippen LogP contribution in [0.4, 0.5) is 4.79 Å². The number of hydrogen-bond donors (Lipinski definition) is 1. The first-order chi connectivity index (χ1) is 10.1. The van der Waals surface area contributed by atoms with E-state index in [1.165, 1.54) is 17.9 Å². The fraction of sp³-hybridized carbons (Fsp3) is 0.0667. The molecule has 2 heterocycles. The normalized spacial score (nSPS) is 10.8. The highest BCUT2D eigenvalue weighted by atomic mass is 35.5. The van der Waals surface area contributed by atoms with Crippen LogP contribution in [-0.2, 0) is 0 Å². The van der Waals surface area contributed by atoms with Crippen molar-refractivity contribution in [2.75, 3.05) is 7.11 Å². The van der Waals surface area contributed by atoms with Crippen LogP contribution in [0.25, 0.3) is 22.2 Å². The summed E-state index contributed by atoms with van der Waals surface area (Å²) in [5.41, 5.74) is 7.22. The Balaban J connectivity index is 2.41. The minimum Gasteiger partial charge on any atom is -0.480 e. The van der Waals surface area contributed by atoms with Crippen LogP contribution in [-0.4, -0.2) is 22.7 Å². The molecule has 3 aromatic rings. The van der Waals surface area contributed by atoms with Gasteiger partial charge in [0, 0.05) is 11.6 Å². The topological polar surface area (TPSA) is 70.1 Å². The SMILES string of the molecule is COc1nccc(Cl)c1-c1cc2cc[c]cc2n1C(N)=O. The van der Waals surface area contributed by atoms with Gasteiger partial charge in [-0.05, 0) is 24.3 Å². The number of pyridine rings is 1. The highest BCUT2D eigenvalue weighted by Crippen LogP contribution is 2.37. The molecule has 0 saturated heterocycles. The first-order valence-corrected chi connectivity index (χ1v) is 6.51. The van der Waals surface area contributed by atoms with Crippen molar-refractivity contribution in [3.8, 4) is 17.1 Å². The first-order valence-electron chi connectivity index (χ1n) is 6.13. The molecule has 21 heavy (non-hydrogen) atoms. The van der Waals surface area contributed by atoms with Gasteiger partial charge in [0.15, 0.2) is 0 Å². The van der Waals surface area contributed by atoms with Crippen LogP contribution in [0.15, 0.2) is 36.5 Å². The van der Waals surface area contributed by atoms with Crippen LogP contribution in [0, 0.1) is 6.07 Å². The van der Waals surface area contributed by atoms with E-state index in [0.29, 0.717) is 27.7 Å². The van der Waals surface area contributed by atoms with E-state index in [0.717, 1.165) is 5.39 Å². The molecule has 0 spiro atoms. The number of halogens is 1. The number of carbonyl (C=O) groups excluding carboxylic acids is 1. The molecule has 0 unspecified atom stereocenters. The summed E-state index contributed by atoms with van der Waals surface area (Å²) in [6.07, 6.45) is 1.54. The van der Waals surface area contributed by atoms with E-state index in [1.807, 2.05) is 12.1 Å². The van der Waals surface area contributed by atoms with Gasteiger partial charge in [0.25, 0.3) is 0 Å². The Morgan fingerprint density at radius 1 is 1.48 bits per heavy atom. The summed E-state index contributed by atoms with van der Waals surface area (Å²) in [6, 6.07) is 11.1. The van der Waals surface area contributed by atoms with Gasteiger partial charge in [-0.2, -0.15) is 0 Å². The van der Waals surface area contributed by atoms with Gasteiger partial charge in [0.05, 0.1) is 28.9 Å². The number of nitrogens with two attached hydrogens (primary N) is 1. The van der Waals surface area contributed by atoms with Crippen molar-refractivity contribution in [1.82, 2.24) is 9.55 Å². The number of hydrogen-bond acceptors (Lipinski definition) is 3. The molecule has 0 aliphatic heterocycles. The number of aromatic nitrogens is 2. The van der Waals surface area contributed by atoms with E-state index >= 15 is 0 Å². The van der Waals surface area contributed by atoms with Crippen LogP contribution < -0.4 is 10.5 Å². The molecule has 3 rings (SSSR count). The van der Waals surface area contributed by atoms with Gasteiger partial charge in [-0.25, -0.2) is 9.78 Å². The molecular formula is C15H11ClN3O2. The predicted octanol–water partition coefficient (Wildman–Crippen LogP) is 3.09. The van der Waals surface area contributed by atoms with Crippen molar-refractivity contribution in [1.29, 1.82) is 0 Å². The monoisotopic (exact) mass is 300 g/mol. The average molecular weight is 301 g/mol. The van der Waals surface area contributed by atoms with Gasteiger partial charge in [0.2, 0.25) is 5.88 Å². The molecule has 1 amide bonds. The number of fused-ring (bicyclic) bond motifs is 1. The Labute approximate surface area is 125 Å². The molecule has 1 radical (unpaired) electrons. The molecule has 1 aromatic carbocycles. The molecule has 0 bridgehead atoms. The van der Waals surface area contributed by atoms with E-state index in [9.17, 15) is 4.79 Å². The van der Waals surface area contributed by atoms with Crippen molar-refractivity contribution in [2.24, 2.45) is 5.73 Å². The van der Waals surface area contributed by atoms with Gasteiger partial charge in [0.1, 0.15) is 0 Å². The minimum absolute atomic E-state index is 0.330. The molecule has 0 aliphatic rings. The molecule has 0 saturated carbocycles. The molecule has 6 heteroatoms. The van der Waals surface area contributed by atoms with Crippen molar-refractivity contribution in [2.45, 2.75) is 0 Å². The predicted molar refractivity (Wildman–Crippen MR) is 80.5 cm³/mol. The van der Waals surface area contributed by atoms with Crippen LogP contribution in [0.1, 0.15) is 0 Å². The summed E-state index contributed by atoms with van der Waals surface area (Å²) in [5, 5.41) is 1.28. The number of nitrogens with zero attached hydrogens (tertiary/aromatic N) is 2. The van der Waals surface area contributed by atoms with Gasteiger partial charge in [-0.1, -0.05) is 23.7 Å². The Morgan fingerprint density at radius 2 is 2.29 bits per heavy atom. The molecular weight excluding hydrogens is 290 g/mol. The standard InChI is InChI=1S/C15H11ClN3O2/c1-21-14-13(10(16)6-7-18-14)12-8-9-4-2-3-5-11(9)19(12)15(17)20/h2,4-8H,1H3,(H2,17,20). The third-order valence-corrected chi connectivity index (χ3v) is 3.50. The molecule has 2 aromatic heterocycles. The summed E-state index contributed by atoms with van der Waals surface area (Å²) in [6.45, 7) is 0. The highest BCUT2D eigenvalue weighted by molar-refractivity contribution is 6.33. The second-order valence-electron chi connectivity index (χ2n) is 4.37. The lowest BCUT2D eigenvalue weighted by molar-refractivity contribution is 0.251. The summed E-state index contributed by atoms with van der Waals surface area (Å²) in [4.78, 5) is 16.0. The second-order valence-corrected chi connectivity index (χ2v) is 4.77. The highest BCUT2D eigenvalue weighted by Gasteiger charge is 2.20. The lowest BCUT2D eigenvalue weighted by atomic mass is 10.2. The molecule has 5 nitrogen and oxygen atoms in total. The van der Waals surface area contributed by atoms with E-state index in [2.05, 4.69) is 11.1 Å². The molecule has 0 aliphatic carbocycles. The maximum atomic E-state index is 11.8. The van der Waals surface area contributed by atoms with Crippen molar-refractivity contribution < 1.29 is 9.53 Å². The number of rotatable bonds is 2. The zero-order valence-corrected chi connectivity index (χ0v) is 11.9. The van der Waals surface area contributed by atoms with Crippen molar-refractivity contribution >= 4 is 28.5 Å². The summed E-state index contributed by atoms with van der Waals surface area (Å²) < 4.78 is 6.61. The lowest BCUT2D eigenvalue weighted by Crippen LogP contribution is -2.20. The molecule has 0 fully saturated rings. The minimum atomic E-state index is -0.610. The first kappa shape index (κ1) is 13.5. The van der Waals surface area contributed by atoms with E-state index in [-0.39, 0.29) is 0 Å². The largest absolute Gasteiger partial charge is 0.480 e. The Bertz CT molecular complexity index is 842. The number of carbonyl (C=O) groups is 1. The van der Waals surface area contributed by atoms with Gasteiger partial charge < -0.3 is 10.5 Å². The summed E-state index contributed by atoms with van der Waals surface area (Å²) in [7, 11) is 1.49. The average Bonchev–Trinajstić information content (AvgIpc) is 2.85. The second kappa shape index (κ2) is 5.10. The number of amides is 1. The number of methoxy groups -OCH3 is 1. The molecule has 2 N–H and O–H groups in total. The molecule has 0 atom stereocenters. The zero-order valence-electron chi connectivity index (χ0n) is 11.1.